The van der Waals surface area contributed by atoms with Crippen molar-refractivity contribution in [3.63, 3.8) is 0 Å². The first-order valence-corrected chi connectivity index (χ1v) is 10.9. The van der Waals surface area contributed by atoms with E-state index >= 15 is 0 Å². The molecule has 2 bridgehead atoms. The van der Waals surface area contributed by atoms with Crippen LogP contribution in [0, 0.1) is 5.92 Å². The summed E-state index contributed by atoms with van der Waals surface area (Å²) in [6.45, 7) is 3.38. The van der Waals surface area contributed by atoms with Crippen LogP contribution in [0.4, 0.5) is 0 Å². The Morgan fingerprint density at radius 2 is 1.87 bits per heavy atom. The Balaban J connectivity index is 1.29. The average molecular weight is 409 g/mol. The third-order valence-corrected chi connectivity index (χ3v) is 7.21. The second-order valence-corrected chi connectivity index (χ2v) is 8.81. The quantitative estimate of drug-likeness (QED) is 0.833. The molecule has 0 unspecified atom stereocenters. The van der Waals surface area contributed by atoms with Crippen LogP contribution >= 0.6 is 0 Å². The monoisotopic (exact) mass is 408 g/mol. The van der Waals surface area contributed by atoms with Gasteiger partial charge in [-0.1, -0.05) is 6.07 Å². The summed E-state index contributed by atoms with van der Waals surface area (Å²) in [5.41, 5.74) is 1.76. The van der Waals surface area contributed by atoms with Crippen LogP contribution in [-0.4, -0.2) is 69.2 Å². The number of pyridine rings is 2. The van der Waals surface area contributed by atoms with Crippen molar-refractivity contribution in [3.8, 4) is 0 Å². The number of fused-ring (bicyclic) bond motifs is 4. The first-order chi connectivity index (χ1) is 14.7. The molecule has 0 aromatic carbocycles. The number of nitrogens with zero attached hydrogens (tertiary/aromatic N) is 4. The van der Waals surface area contributed by atoms with Crippen molar-refractivity contribution in [2.45, 2.75) is 37.3 Å². The normalized spacial score (nSPS) is 27.0. The summed E-state index contributed by atoms with van der Waals surface area (Å²) in [6.07, 6.45) is 6.27. The summed E-state index contributed by atoms with van der Waals surface area (Å²) in [5, 5.41) is 10.0. The van der Waals surface area contributed by atoms with Gasteiger partial charge in [-0.25, -0.2) is 0 Å². The lowest BCUT2D eigenvalue weighted by atomic mass is 9.77. The van der Waals surface area contributed by atoms with Crippen LogP contribution in [-0.2, 0) is 0 Å². The molecule has 5 rings (SSSR count). The Labute approximate surface area is 176 Å². The van der Waals surface area contributed by atoms with E-state index in [-0.39, 0.29) is 30.0 Å². The molecule has 0 saturated carbocycles. The topological polar surface area (TPSA) is 78.7 Å². The van der Waals surface area contributed by atoms with E-state index in [2.05, 4.69) is 9.88 Å². The van der Waals surface area contributed by atoms with Crippen molar-refractivity contribution in [2.75, 3.05) is 32.8 Å². The van der Waals surface area contributed by atoms with Crippen LogP contribution in [0.15, 0.2) is 47.5 Å². The number of carbonyl (C=O) groups is 1. The van der Waals surface area contributed by atoms with Gasteiger partial charge in [-0.2, -0.15) is 0 Å². The maximum absolute atomic E-state index is 12.7. The Morgan fingerprint density at radius 3 is 2.60 bits per heavy atom. The Kier molecular flexibility index (Phi) is 5.16. The fourth-order valence-electron chi connectivity index (χ4n) is 5.72. The molecule has 7 heteroatoms. The second-order valence-electron chi connectivity index (χ2n) is 8.81. The fourth-order valence-corrected chi connectivity index (χ4v) is 5.72. The minimum Gasteiger partial charge on any atom is -0.394 e. The van der Waals surface area contributed by atoms with Gasteiger partial charge in [-0.15, -0.1) is 0 Å². The SMILES string of the molecule is O=C(c1ccncc1)N1CCC(N2C[C@H]3C[C@@H](C2)[C@H](CO)n2c3cccc2=O)CC1. The van der Waals surface area contributed by atoms with Crippen molar-refractivity contribution in [2.24, 2.45) is 5.92 Å². The van der Waals surface area contributed by atoms with Gasteiger partial charge >= 0.3 is 0 Å². The first kappa shape index (κ1) is 19.5. The van der Waals surface area contributed by atoms with Crippen molar-refractivity contribution in [3.05, 3.63) is 64.3 Å². The molecule has 5 heterocycles. The highest BCUT2D eigenvalue weighted by atomic mass is 16.3. The molecule has 1 amide bonds. The lowest BCUT2D eigenvalue weighted by Gasteiger charge is -2.50. The van der Waals surface area contributed by atoms with Gasteiger partial charge in [0.1, 0.15) is 0 Å². The standard InChI is InChI=1S/C23H28N4O3/c28-15-21-18-12-17(20-2-1-3-22(29)27(20)21)13-26(14-18)19-6-10-25(11-7-19)23(30)16-4-8-24-9-5-16/h1-5,8-9,17-19,21,28H,6-7,10-15H2/t17-,18+,21+/m1/s1. The zero-order chi connectivity index (χ0) is 20.7. The van der Waals surface area contributed by atoms with Crippen molar-refractivity contribution in [1.82, 2.24) is 19.4 Å². The molecule has 1 N–H and O–H groups in total. The minimum absolute atomic E-state index is 0.00102. The molecule has 30 heavy (non-hydrogen) atoms. The number of aliphatic hydroxyl groups is 1. The van der Waals surface area contributed by atoms with E-state index < -0.39 is 0 Å². The van der Waals surface area contributed by atoms with E-state index in [1.807, 2.05) is 21.6 Å². The number of hydrogen-bond acceptors (Lipinski definition) is 5. The largest absolute Gasteiger partial charge is 0.394 e. The zero-order valence-corrected chi connectivity index (χ0v) is 17.1. The number of amides is 1. The Bertz CT molecular complexity index is 968. The third-order valence-electron chi connectivity index (χ3n) is 7.21. The summed E-state index contributed by atoms with van der Waals surface area (Å²) < 4.78 is 1.84. The first-order valence-electron chi connectivity index (χ1n) is 10.9. The highest BCUT2D eigenvalue weighted by molar-refractivity contribution is 5.94. The lowest BCUT2D eigenvalue weighted by molar-refractivity contribution is 0.0188. The summed E-state index contributed by atoms with van der Waals surface area (Å²) >= 11 is 0. The maximum Gasteiger partial charge on any atom is 0.253 e. The van der Waals surface area contributed by atoms with Crippen LogP contribution in [0.2, 0.25) is 0 Å². The Morgan fingerprint density at radius 1 is 1.10 bits per heavy atom. The second kappa shape index (κ2) is 7.96. The van der Waals surface area contributed by atoms with Crippen molar-refractivity contribution in [1.29, 1.82) is 0 Å². The molecule has 7 nitrogen and oxygen atoms in total. The molecular weight excluding hydrogens is 380 g/mol. The van der Waals surface area contributed by atoms with E-state index in [0.29, 0.717) is 17.5 Å². The molecule has 0 aliphatic carbocycles. The van der Waals surface area contributed by atoms with Crippen LogP contribution < -0.4 is 5.56 Å². The molecular formula is C23H28N4O3. The highest BCUT2D eigenvalue weighted by Crippen LogP contribution is 2.42. The van der Waals surface area contributed by atoms with Crippen molar-refractivity contribution >= 4 is 5.91 Å². The molecule has 2 aromatic rings. The lowest BCUT2D eigenvalue weighted by Crippen LogP contribution is -2.55. The number of aliphatic hydroxyl groups excluding tert-OH is 1. The molecule has 3 aliphatic rings. The summed E-state index contributed by atoms with van der Waals surface area (Å²) in [6, 6.07) is 9.33. The van der Waals surface area contributed by atoms with E-state index in [9.17, 15) is 14.7 Å². The number of aromatic nitrogens is 2. The summed E-state index contributed by atoms with van der Waals surface area (Å²) in [4.78, 5) is 33.7. The van der Waals surface area contributed by atoms with Crippen LogP contribution in [0.3, 0.4) is 0 Å². The maximum atomic E-state index is 12.7. The molecule has 0 radical (unpaired) electrons. The van der Waals surface area contributed by atoms with E-state index in [1.54, 1.807) is 30.6 Å². The third kappa shape index (κ3) is 3.36. The van der Waals surface area contributed by atoms with Gasteiger partial charge in [-0.3, -0.25) is 19.5 Å². The van der Waals surface area contributed by atoms with Crippen molar-refractivity contribution < 1.29 is 9.90 Å². The molecule has 158 valence electrons. The Hall–Kier alpha value is -2.51. The highest BCUT2D eigenvalue weighted by Gasteiger charge is 2.42. The van der Waals surface area contributed by atoms with Crippen LogP contribution in [0.1, 0.15) is 47.3 Å². The average Bonchev–Trinajstić information content (AvgIpc) is 2.80. The van der Waals surface area contributed by atoms with E-state index in [4.69, 9.17) is 0 Å². The minimum atomic E-state index is -0.138. The number of likely N-dealkylation sites (tertiary alicyclic amines) is 2. The van der Waals surface area contributed by atoms with Gasteiger partial charge in [0.05, 0.1) is 12.6 Å². The van der Waals surface area contributed by atoms with Crippen LogP contribution in [0.5, 0.6) is 0 Å². The molecule has 2 saturated heterocycles. The molecule has 2 fully saturated rings. The van der Waals surface area contributed by atoms with Gasteiger partial charge in [0, 0.05) is 67.9 Å². The van der Waals surface area contributed by atoms with E-state index in [1.165, 1.54) is 0 Å². The molecule has 3 atom stereocenters. The fraction of sp³-hybridized carbons (Fsp3) is 0.522. The van der Waals surface area contributed by atoms with Gasteiger partial charge in [0.15, 0.2) is 0 Å². The van der Waals surface area contributed by atoms with Crippen LogP contribution in [0.25, 0.3) is 0 Å². The number of piperidine rings is 2. The number of rotatable bonds is 3. The smallest absolute Gasteiger partial charge is 0.253 e. The van der Waals surface area contributed by atoms with E-state index in [0.717, 1.165) is 51.1 Å². The van der Waals surface area contributed by atoms with Gasteiger partial charge in [0.25, 0.3) is 11.5 Å². The molecule has 2 aromatic heterocycles. The predicted molar refractivity (Wildman–Crippen MR) is 112 cm³/mol. The zero-order valence-electron chi connectivity index (χ0n) is 17.1. The van der Waals surface area contributed by atoms with Gasteiger partial charge in [-0.05, 0) is 43.4 Å². The summed E-state index contributed by atoms with van der Waals surface area (Å²) in [7, 11) is 0. The summed E-state index contributed by atoms with van der Waals surface area (Å²) in [5.74, 6) is 0.703. The number of carbonyl (C=O) groups excluding carboxylic acids is 1. The predicted octanol–water partition coefficient (Wildman–Crippen LogP) is 1.50. The van der Waals surface area contributed by atoms with Gasteiger partial charge in [0.2, 0.25) is 0 Å². The molecule has 3 aliphatic heterocycles. The van der Waals surface area contributed by atoms with Gasteiger partial charge < -0.3 is 14.6 Å². The molecule has 0 spiro atoms. The number of hydrogen-bond donors (Lipinski definition) is 1.